The van der Waals surface area contributed by atoms with Gasteiger partial charge in [-0.3, -0.25) is 4.79 Å². The summed E-state index contributed by atoms with van der Waals surface area (Å²) < 4.78 is 9.38. The van der Waals surface area contributed by atoms with Gasteiger partial charge in [0.1, 0.15) is 5.54 Å². The second-order valence-corrected chi connectivity index (χ2v) is 3.62. The third kappa shape index (κ3) is 2.50. The minimum atomic E-state index is -1.38. The number of ether oxygens (including phenoxy) is 1. The first-order valence-electron chi connectivity index (χ1n) is 4.43. The summed E-state index contributed by atoms with van der Waals surface area (Å²) in [6.07, 6.45) is 0. The summed E-state index contributed by atoms with van der Waals surface area (Å²) in [5, 5.41) is 14.5. The second-order valence-electron chi connectivity index (χ2n) is 3.62. The van der Waals surface area contributed by atoms with Crippen molar-refractivity contribution < 1.29 is 24.0 Å². The van der Waals surface area contributed by atoms with E-state index in [0.29, 0.717) is 0 Å². The van der Waals surface area contributed by atoms with E-state index in [0.717, 1.165) is 0 Å². The number of aromatic nitrogens is 1. The molecule has 0 saturated carbocycles. The van der Waals surface area contributed by atoms with Crippen LogP contribution < -0.4 is 10.1 Å². The van der Waals surface area contributed by atoms with Gasteiger partial charge in [0.25, 0.3) is 11.8 Å². The molecule has 0 fully saturated rings. The number of carboxylic acid groups (broad SMARTS) is 1. The smallest absolute Gasteiger partial charge is 0.328 e. The van der Waals surface area contributed by atoms with E-state index < -0.39 is 17.4 Å². The summed E-state index contributed by atoms with van der Waals surface area (Å²) in [5.74, 6) is -1.76. The zero-order chi connectivity index (χ0) is 12.3. The Hall–Kier alpha value is -2.05. The monoisotopic (exact) mass is 228 g/mol. The Morgan fingerprint density at radius 2 is 2.19 bits per heavy atom. The van der Waals surface area contributed by atoms with Crippen LogP contribution in [0.2, 0.25) is 0 Å². The molecule has 0 aromatic carbocycles. The van der Waals surface area contributed by atoms with E-state index in [1.54, 1.807) is 0 Å². The summed E-state index contributed by atoms with van der Waals surface area (Å²) in [6.45, 7) is 2.72. The van der Waals surface area contributed by atoms with Crippen LogP contribution in [0.3, 0.4) is 0 Å². The maximum absolute atomic E-state index is 11.5. The third-order valence-electron chi connectivity index (χ3n) is 1.88. The molecule has 0 bridgehead atoms. The van der Waals surface area contributed by atoms with E-state index in [1.165, 1.54) is 27.0 Å². The molecule has 7 nitrogen and oxygen atoms in total. The Morgan fingerprint density at radius 1 is 1.56 bits per heavy atom. The maximum Gasteiger partial charge on any atom is 0.328 e. The zero-order valence-corrected chi connectivity index (χ0v) is 9.10. The van der Waals surface area contributed by atoms with Crippen LogP contribution in [0.4, 0.5) is 0 Å². The van der Waals surface area contributed by atoms with Crippen molar-refractivity contribution in [3.63, 3.8) is 0 Å². The fourth-order valence-corrected chi connectivity index (χ4v) is 0.861. The highest BCUT2D eigenvalue weighted by molar-refractivity contribution is 5.95. The molecule has 88 valence electrons. The first-order chi connectivity index (χ1) is 7.36. The number of rotatable bonds is 4. The van der Waals surface area contributed by atoms with E-state index in [9.17, 15) is 9.59 Å². The molecule has 0 aliphatic carbocycles. The van der Waals surface area contributed by atoms with Crippen molar-refractivity contribution in [1.29, 1.82) is 0 Å². The lowest BCUT2D eigenvalue weighted by molar-refractivity contribution is -0.143. The molecule has 0 unspecified atom stereocenters. The van der Waals surface area contributed by atoms with Crippen LogP contribution in [0.15, 0.2) is 10.6 Å². The van der Waals surface area contributed by atoms with Crippen LogP contribution in [-0.4, -0.2) is 34.8 Å². The molecular formula is C9H12N2O5. The van der Waals surface area contributed by atoms with Crippen LogP contribution in [-0.2, 0) is 4.79 Å². The van der Waals surface area contributed by atoms with Gasteiger partial charge in [-0.1, -0.05) is 0 Å². The number of methoxy groups -OCH3 is 1. The van der Waals surface area contributed by atoms with E-state index in [1.807, 2.05) is 0 Å². The summed E-state index contributed by atoms with van der Waals surface area (Å²) >= 11 is 0. The Kier molecular flexibility index (Phi) is 3.17. The summed E-state index contributed by atoms with van der Waals surface area (Å²) in [6, 6.07) is 1.27. The van der Waals surface area contributed by atoms with Crippen molar-refractivity contribution in [3.05, 3.63) is 11.8 Å². The van der Waals surface area contributed by atoms with E-state index in [-0.39, 0.29) is 11.6 Å². The lowest BCUT2D eigenvalue weighted by Gasteiger charge is -2.19. The van der Waals surface area contributed by atoms with Gasteiger partial charge in [-0.25, -0.2) is 4.79 Å². The van der Waals surface area contributed by atoms with Gasteiger partial charge in [0, 0.05) is 0 Å². The molecule has 16 heavy (non-hydrogen) atoms. The van der Waals surface area contributed by atoms with Crippen molar-refractivity contribution in [2.75, 3.05) is 7.11 Å². The lowest BCUT2D eigenvalue weighted by atomic mass is 10.1. The number of amides is 1. The summed E-state index contributed by atoms with van der Waals surface area (Å²) in [7, 11) is 1.38. The zero-order valence-electron chi connectivity index (χ0n) is 9.10. The van der Waals surface area contributed by atoms with Crippen LogP contribution in [0, 0.1) is 0 Å². The molecular weight excluding hydrogens is 216 g/mol. The first-order valence-corrected chi connectivity index (χ1v) is 4.43. The Balaban J connectivity index is 2.76. The molecule has 1 aromatic heterocycles. The average Bonchev–Trinajstić information content (AvgIpc) is 2.64. The van der Waals surface area contributed by atoms with Crippen molar-refractivity contribution in [1.82, 2.24) is 10.5 Å². The van der Waals surface area contributed by atoms with Crippen LogP contribution in [0.5, 0.6) is 5.88 Å². The Morgan fingerprint density at radius 3 is 2.62 bits per heavy atom. The predicted molar refractivity (Wildman–Crippen MR) is 52.2 cm³/mol. The first kappa shape index (κ1) is 12.0. The topological polar surface area (TPSA) is 102 Å². The van der Waals surface area contributed by atoms with Crippen molar-refractivity contribution in [3.8, 4) is 5.88 Å². The molecule has 2 N–H and O–H groups in total. The van der Waals surface area contributed by atoms with Gasteiger partial charge >= 0.3 is 5.97 Å². The quantitative estimate of drug-likeness (QED) is 0.767. The predicted octanol–water partition coefficient (Wildman–Crippen LogP) is 0.276. The van der Waals surface area contributed by atoms with Gasteiger partial charge < -0.3 is 19.7 Å². The SMILES string of the molecule is COc1cc(C(=O)NC(C)(C)C(=O)O)on1. The third-order valence-corrected chi connectivity index (χ3v) is 1.88. The fourth-order valence-electron chi connectivity index (χ4n) is 0.861. The molecule has 0 radical (unpaired) electrons. The molecule has 1 aromatic rings. The Labute approximate surface area is 91.4 Å². The van der Waals surface area contributed by atoms with Gasteiger partial charge in [-0.05, 0) is 19.0 Å². The fraction of sp³-hybridized carbons (Fsp3) is 0.444. The normalized spacial score (nSPS) is 10.9. The van der Waals surface area contributed by atoms with Gasteiger partial charge in [-0.2, -0.15) is 0 Å². The number of carbonyl (C=O) groups excluding carboxylic acids is 1. The van der Waals surface area contributed by atoms with E-state index >= 15 is 0 Å². The van der Waals surface area contributed by atoms with Gasteiger partial charge in [-0.15, -0.1) is 0 Å². The number of nitrogens with zero attached hydrogens (tertiary/aromatic N) is 1. The minimum Gasteiger partial charge on any atom is -0.480 e. The molecule has 0 aliphatic heterocycles. The largest absolute Gasteiger partial charge is 0.480 e. The van der Waals surface area contributed by atoms with Crippen LogP contribution in [0.1, 0.15) is 24.4 Å². The van der Waals surface area contributed by atoms with E-state index in [2.05, 4.69) is 15.0 Å². The number of carboxylic acids is 1. The highest BCUT2D eigenvalue weighted by Crippen LogP contribution is 2.12. The lowest BCUT2D eigenvalue weighted by Crippen LogP contribution is -2.49. The molecule has 0 saturated heterocycles. The van der Waals surface area contributed by atoms with Gasteiger partial charge in [0.2, 0.25) is 5.76 Å². The Bertz CT molecular complexity index is 410. The number of aliphatic carboxylic acids is 1. The second kappa shape index (κ2) is 4.21. The molecule has 0 atom stereocenters. The standard InChI is InChI=1S/C9H12N2O5/c1-9(2,8(13)14)10-7(12)5-4-6(15-3)11-16-5/h4H,1-3H3,(H,10,12)(H,13,14). The molecule has 1 amide bonds. The number of hydrogen-bond donors (Lipinski definition) is 2. The van der Waals surface area contributed by atoms with Crippen molar-refractivity contribution in [2.24, 2.45) is 0 Å². The minimum absolute atomic E-state index is 0.105. The van der Waals surface area contributed by atoms with Crippen LogP contribution in [0.25, 0.3) is 0 Å². The van der Waals surface area contributed by atoms with Crippen molar-refractivity contribution >= 4 is 11.9 Å². The van der Waals surface area contributed by atoms with Crippen molar-refractivity contribution in [2.45, 2.75) is 19.4 Å². The number of hydrogen-bond acceptors (Lipinski definition) is 5. The average molecular weight is 228 g/mol. The molecule has 7 heteroatoms. The molecule has 1 heterocycles. The highest BCUT2D eigenvalue weighted by atomic mass is 16.5. The molecule has 0 spiro atoms. The highest BCUT2D eigenvalue weighted by Gasteiger charge is 2.30. The van der Waals surface area contributed by atoms with Gasteiger partial charge in [0.05, 0.1) is 13.2 Å². The maximum atomic E-state index is 11.5. The number of carbonyl (C=O) groups is 2. The summed E-state index contributed by atoms with van der Waals surface area (Å²) in [5.41, 5.74) is -1.38. The molecule has 1 rings (SSSR count). The van der Waals surface area contributed by atoms with Gasteiger partial charge in [0.15, 0.2) is 0 Å². The summed E-state index contributed by atoms with van der Waals surface area (Å²) in [4.78, 5) is 22.3. The van der Waals surface area contributed by atoms with E-state index in [4.69, 9.17) is 9.84 Å². The van der Waals surface area contributed by atoms with Crippen LogP contribution >= 0.6 is 0 Å². The number of nitrogens with one attached hydrogen (secondary N) is 1. The molecule has 0 aliphatic rings.